The van der Waals surface area contributed by atoms with Gasteiger partial charge in [0.15, 0.2) is 0 Å². The summed E-state index contributed by atoms with van der Waals surface area (Å²) < 4.78 is 0. The summed E-state index contributed by atoms with van der Waals surface area (Å²) in [7, 11) is 1.99. The number of hydrogen-bond acceptors (Lipinski definition) is 4. The number of nitrogens with zero attached hydrogens (tertiary/aromatic N) is 2. The number of rotatable bonds is 2. The van der Waals surface area contributed by atoms with Crippen molar-refractivity contribution in [2.24, 2.45) is 5.92 Å². The molecule has 1 aromatic heterocycles. The first-order valence-electron chi connectivity index (χ1n) is 8.02. The first-order chi connectivity index (χ1) is 10.1. The molecule has 116 valence electrons. The summed E-state index contributed by atoms with van der Waals surface area (Å²) in [6.45, 7) is 5.20. The lowest BCUT2D eigenvalue weighted by atomic mass is 9.90. The Morgan fingerprint density at radius 3 is 3.00 bits per heavy atom. The molecule has 1 aliphatic carbocycles. The highest BCUT2D eigenvalue weighted by molar-refractivity contribution is 7.11. The van der Waals surface area contributed by atoms with Crippen molar-refractivity contribution < 1.29 is 4.79 Å². The van der Waals surface area contributed by atoms with Gasteiger partial charge in [-0.05, 0) is 52.5 Å². The molecule has 1 unspecified atom stereocenters. The SMILES string of the molecule is Cc1nc2c(s1)C(N(C)C(=O)[C@H]1CCN[C@@H](C)C1)CCC2. The van der Waals surface area contributed by atoms with Gasteiger partial charge in [-0.3, -0.25) is 4.79 Å². The van der Waals surface area contributed by atoms with E-state index in [2.05, 4.69) is 24.1 Å². The van der Waals surface area contributed by atoms with E-state index in [-0.39, 0.29) is 12.0 Å². The maximum atomic E-state index is 12.8. The van der Waals surface area contributed by atoms with Crippen molar-refractivity contribution in [1.29, 1.82) is 0 Å². The Kier molecular flexibility index (Phi) is 4.31. The van der Waals surface area contributed by atoms with Gasteiger partial charge in [0.25, 0.3) is 0 Å². The van der Waals surface area contributed by atoms with Crippen molar-refractivity contribution in [3.63, 3.8) is 0 Å². The molecule has 1 aromatic rings. The van der Waals surface area contributed by atoms with Crippen LogP contribution in [0.1, 0.15) is 54.2 Å². The van der Waals surface area contributed by atoms with Gasteiger partial charge in [-0.15, -0.1) is 11.3 Å². The van der Waals surface area contributed by atoms with E-state index >= 15 is 0 Å². The lowest BCUT2D eigenvalue weighted by Gasteiger charge is -2.35. The number of aromatic nitrogens is 1. The number of piperidine rings is 1. The highest BCUT2D eigenvalue weighted by Crippen LogP contribution is 2.38. The normalized spacial score (nSPS) is 29.0. The molecule has 5 heteroatoms. The van der Waals surface area contributed by atoms with Crippen molar-refractivity contribution in [3.05, 3.63) is 15.6 Å². The van der Waals surface area contributed by atoms with Crippen LogP contribution in [0.2, 0.25) is 0 Å². The van der Waals surface area contributed by atoms with Gasteiger partial charge in [-0.25, -0.2) is 4.98 Å². The zero-order valence-electron chi connectivity index (χ0n) is 13.2. The van der Waals surface area contributed by atoms with Crippen molar-refractivity contribution in [1.82, 2.24) is 15.2 Å². The second kappa shape index (κ2) is 6.05. The second-order valence-electron chi connectivity index (χ2n) is 6.48. The topological polar surface area (TPSA) is 45.2 Å². The molecular weight excluding hydrogens is 282 g/mol. The van der Waals surface area contributed by atoms with Crippen LogP contribution in [0.15, 0.2) is 0 Å². The lowest BCUT2D eigenvalue weighted by molar-refractivity contribution is -0.137. The molecule has 0 bridgehead atoms. The van der Waals surface area contributed by atoms with E-state index in [0.29, 0.717) is 11.9 Å². The van der Waals surface area contributed by atoms with Crippen LogP contribution in [0.5, 0.6) is 0 Å². The number of nitrogens with one attached hydrogen (secondary N) is 1. The lowest BCUT2D eigenvalue weighted by Crippen LogP contribution is -2.44. The number of carbonyl (C=O) groups is 1. The van der Waals surface area contributed by atoms with E-state index in [4.69, 9.17) is 0 Å². The Bertz CT molecular complexity index is 528. The average molecular weight is 307 g/mol. The maximum Gasteiger partial charge on any atom is 0.226 e. The molecule has 1 N–H and O–H groups in total. The van der Waals surface area contributed by atoms with Gasteiger partial charge < -0.3 is 10.2 Å². The average Bonchev–Trinajstić information content (AvgIpc) is 2.85. The maximum absolute atomic E-state index is 12.8. The van der Waals surface area contributed by atoms with E-state index in [9.17, 15) is 4.79 Å². The zero-order chi connectivity index (χ0) is 15.0. The molecule has 0 radical (unpaired) electrons. The van der Waals surface area contributed by atoms with E-state index in [1.165, 1.54) is 10.6 Å². The fourth-order valence-corrected chi connectivity index (χ4v) is 4.84. The van der Waals surface area contributed by atoms with Crippen molar-refractivity contribution in [3.8, 4) is 0 Å². The second-order valence-corrected chi connectivity index (χ2v) is 7.71. The molecule has 1 fully saturated rings. The predicted octanol–water partition coefficient (Wildman–Crippen LogP) is 2.68. The van der Waals surface area contributed by atoms with Gasteiger partial charge in [-0.2, -0.15) is 0 Å². The molecule has 21 heavy (non-hydrogen) atoms. The molecule has 1 saturated heterocycles. The Morgan fingerprint density at radius 2 is 2.24 bits per heavy atom. The van der Waals surface area contributed by atoms with E-state index < -0.39 is 0 Å². The molecule has 1 amide bonds. The van der Waals surface area contributed by atoms with Gasteiger partial charge in [0.1, 0.15) is 0 Å². The monoisotopic (exact) mass is 307 g/mol. The highest BCUT2D eigenvalue weighted by Gasteiger charge is 2.34. The van der Waals surface area contributed by atoms with Crippen LogP contribution >= 0.6 is 11.3 Å². The minimum atomic E-state index is 0.186. The first kappa shape index (κ1) is 15.0. The molecule has 3 rings (SSSR count). The summed E-state index contributed by atoms with van der Waals surface area (Å²) in [6.07, 6.45) is 5.22. The van der Waals surface area contributed by atoms with Crippen LogP contribution in [0.3, 0.4) is 0 Å². The summed E-state index contributed by atoms with van der Waals surface area (Å²) in [5.74, 6) is 0.512. The van der Waals surface area contributed by atoms with Crippen molar-refractivity contribution >= 4 is 17.2 Å². The van der Waals surface area contributed by atoms with Crippen LogP contribution in [0, 0.1) is 12.8 Å². The first-order valence-corrected chi connectivity index (χ1v) is 8.84. The number of carbonyl (C=O) groups excluding carboxylic acids is 1. The van der Waals surface area contributed by atoms with Crippen LogP contribution in [0.25, 0.3) is 0 Å². The fraction of sp³-hybridized carbons (Fsp3) is 0.750. The van der Waals surface area contributed by atoms with Crippen LogP contribution < -0.4 is 5.32 Å². The Labute approximate surface area is 130 Å². The molecule has 4 nitrogen and oxygen atoms in total. The summed E-state index contributed by atoms with van der Waals surface area (Å²) in [4.78, 5) is 20.8. The summed E-state index contributed by atoms with van der Waals surface area (Å²) in [6, 6.07) is 0.700. The van der Waals surface area contributed by atoms with Gasteiger partial charge >= 0.3 is 0 Å². The molecule has 0 aromatic carbocycles. The predicted molar refractivity (Wildman–Crippen MR) is 85.5 cm³/mol. The van der Waals surface area contributed by atoms with Crippen LogP contribution in [-0.2, 0) is 11.2 Å². The number of aryl methyl sites for hydroxylation is 2. The molecule has 0 saturated carbocycles. The van der Waals surface area contributed by atoms with E-state index in [1.807, 2.05) is 11.9 Å². The molecule has 3 atom stereocenters. The third-order valence-electron chi connectivity index (χ3n) is 4.82. The highest BCUT2D eigenvalue weighted by atomic mass is 32.1. The number of amides is 1. The minimum absolute atomic E-state index is 0.186. The van der Waals surface area contributed by atoms with Gasteiger partial charge in [-0.1, -0.05) is 0 Å². The number of thiazole rings is 1. The molecule has 0 spiro atoms. The third-order valence-corrected chi connectivity index (χ3v) is 5.93. The van der Waals surface area contributed by atoms with E-state index in [1.54, 1.807) is 11.3 Å². The van der Waals surface area contributed by atoms with Crippen molar-refractivity contribution in [2.45, 2.75) is 58.0 Å². The fourth-order valence-electron chi connectivity index (χ4n) is 3.69. The number of hydrogen-bond donors (Lipinski definition) is 1. The molecule has 2 heterocycles. The quantitative estimate of drug-likeness (QED) is 0.913. The van der Waals surface area contributed by atoms with Crippen LogP contribution in [0.4, 0.5) is 0 Å². The zero-order valence-corrected chi connectivity index (χ0v) is 14.0. The minimum Gasteiger partial charge on any atom is -0.338 e. The standard InChI is InChI=1S/C16H25N3OS/c1-10-9-12(7-8-17-10)16(20)19(3)14-6-4-5-13-15(14)21-11(2)18-13/h10,12,14,17H,4-9H2,1-3H3/t10-,12-,14?/m0/s1. The summed E-state index contributed by atoms with van der Waals surface area (Å²) in [5, 5.41) is 4.55. The van der Waals surface area contributed by atoms with Crippen LogP contribution in [-0.4, -0.2) is 35.4 Å². The Morgan fingerprint density at radius 1 is 1.43 bits per heavy atom. The van der Waals surface area contributed by atoms with Gasteiger partial charge in [0.05, 0.1) is 21.6 Å². The van der Waals surface area contributed by atoms with E-state index in [0.717, 1.165) is 43.7 Å². The molecule has 2 aliphatic rings. The summed E-state index contributed by atoms with van der Waals surface area (Å²) in [5.41, 5.74) is 1.23. The van der Waals surface area contributed by atoms with Crippen molar-refractivity contribution in [2.75, 3.05) is 13.6 Å². The Balaban J connectivity index is 1.76. The van der Waals surface area contributed by atoms with Gasteiger partial charge in [0.2, 0.25) is 5.91 Å². The Hall–Kier alpha value is -0.940. The molecular formula is C16H25N3OS. The largest absolute Gasteiger partial charge is 0.338 e. The smallest absolute Gasteiger partial charge is 0.226 e. The third kappa shape index (κ3) is 2.99. The molecule has 1 aliphatic heterocycles. The number of fused-ring (bicyclic) bond motifs is 1. The summed E-state index contributed by atoms with van der Waals surface area (Å²) >= 11 is 1.77. The van der Waals surface area contributed by atoms with Gasteiger partial charge in [0, 0.05) is 19.0 Å².